The van der Waals surface area contributed by atoms with Gasteiger partial charge in [0.1, 0.15) is 30.3 Å². The molecule has 0 N–H and O–H groups in total. The lowest BCUT2D eigenvalue weighted by molar-refractivity contribution is 0.331. The predicted octanol–water partition coefficient (Wildman–Crippen LogP) is 3.52. The molecule has 1 aromatic carbocycles. The monoisotopic (exact) mass is 344 g/mol. The molecule has 2 aromatic rings. The zero-order valence-electron chi connectivity index (χ0n) is 13.6. The molecule has 0 bridgehead atoms. The van der Waals surface area contributed by atoms with Gasteiger partial charge in [-0.3, -0.25) is 0 Å². The van der Waals surface area contributed by atoms with Gasteiger partial charge in [-0.25, -0.2) is 9.97 Å². The Morgan fingerprint density at radius 2 is 1.71 bits per heavy atom. The maximum absolute atomic E-state index is 6.14. The molecule has 0 atom stereocenters. The molecule has 126 valence electrons. The number of fused-ring (bicyclic) bond motifs is 1. The average Bonchev–Trinajstić information content (AvgIpc) is 2.84. The zero-order valence-corrected chi connectivity index (χ0v) is 14.4. The second-order valence-electron chi connectivity index (χ2n) is 6.30. The molecule has 0 unspecified atom stereocenters. The summed E-state index contributed by atoms with van der Waals surface area (Å²) in [4.78, 5) is 13.6. The quantitative estimate of drug-likeness (QED) is 0.833. The molecule has 1 fully saturated rings. The first-order valence-electron chi connectivity index (χ1n) is 8.53. The van der Waals surface area contributed by atoms with Crippen LogP contribution in [0.5, 0.6) is 5.75 Å². The number of hydrogen-bond donors (Lipinski definition) is 0. The lowest BCUT2D eigenvalue weighted by Crippen LogP contribution is -2.31. The number of anilines is 2. The third kappa shape index (κ3) is 3.26. The molecule has 0 spiro atoms. The Hall–Kier alpha value is -2.01. The van der Waals surface area contributed by atoms with Crippen molar-refractivity contribution in [1.29, 1.82) is 0 Å². The van der Waals surface area contributed by atoms with Crippen LogP contribution in [-0.4, -0.2) is 36.2 Å². The Bertz CT molecular complexity index is 718. The van der Waals surface area contributed by atoms with Gasteiger partial charge in [-0.2, -0.15) is 0 Å². The third-order valence-corrected chi connectivity index (χ3v) is 4.88. The molecule has 0 radical (unpaired) electrons. The van der Waals surface area contributed by atoms with E-state index in [2.05, 4.69) is 25.8 Å². The van der Waals surface area contributed by atoms with Crippen LogP contribution in [-0.2, 0) is 6.54 Å². The summed E-state index contributed by atoms with van der Waals surface area (Å²) < 4.78 is 5.85. The number of rotatable bonds is 2. The molecule has 0 aliphatic carbocycles. The smallest absolute Gasteiger partial charge is 0.134 e. The van der Waals surface area contributed by atoms with E-state index in [1.807, 2.05) is 18.2 Å². The first-order valence-corrected chi connectivity index (χ1v) is 8.90. The van der Waals surface area contributed by atoms with Crippen LogP contribution in [0.2, 0.25) is 5.02 Å². The molecule has 2 aliphatic rings. The first-order chi connectivity index (χ1) is 11.8. The molecule has 24 heavy (non-hydrogen) atoms. The predicted molar refractivity (Wildman–Crippen MR) is 96.1 cm³/mol. The van der Waals surface area contributed by atoms with Crippen LogP contribution in [0.25, 0.3) is 0 Å². The molecule has 0 saturated carbocycles. The van der Waals surface area contributed by atoms with Crippen molar-refractivity contribution in [3.63, 3.8) is 0 Å². The van der Waals surface area contributed by atoms with Crippen LogP contribution in [0.15, 0.2) is 30.6 Å². The van der Waals surface area contributed by atoms with Crippen LogP contribution in [0.4, 0.5) is 11.6 Å². The molecule has 4 rings (SSSR count). The summed E-state index contributed by atoms with van der Waals surface area (Å²) in [6.07, 6.45) is 5.46. The van der Waals surface area contributed by atoms with Crippen molar-refractivity contribution in [2.75, 3.05) is 36.0 Å². The van der Waals surface area contributed by atoms with Crippen molar-refractivity contribution < 1.29 is 4.74 Å². The standard InChI is InChI=1S/C18H21ClN4O/c19-15-4-5-16-14(10-15)12-23(8-9-24-16)18-11-17(20-13-21-18)22-6-2-1-3-7-22/h4-5,10-11,13H,1-3,6-9,12H2. The van der Waals surface area contributed by atoms with Crippen molar-refractivity contribution in [2.45, 2.75) is 25.8 Å². The molecule has 1 saturated heterocycles. The van der Waals surface area contributed by atoms with E-state index in [1.54, 1.807) is 6.33 Å². The minimum atomic E-state index is 0.637. The highest BCUT2D eigenvalue weighted by molar-refractivity contribution is 6.30. The molecule has 6 heteroatoms. The number of aromatic nitrogens is 2. The topological polar surface area (TPSA) is 41.5 Å². The van der Waals surface area contributed by atoms with Gasteiger partial charge in [0.25, 0.3) is 0 Å². The summed E-state index contributed by atoms with van der Waals surface area (Å²) in [6, 6.07) is 7.89. The van der Waals surface area contributed by atoms with E-state index in [-0.39, 0.29) is 0 Å². The van der Waals surface area contributed by atoms with Crippen molar-refractivity contribution in [2.24, 2.45) is 0 Å². The Morgan fingerprint density at radius 1 is 0.917 bits per heavy atom. The highest BCUT2D eigenvalue weighted by atomic mass is 35.5. The number of benzene rings is 1. The summed E-state index contributed by atoms with van der Waals surface area (Å²) >= 11 is 6.14. The maximum atomic E-state index is 6.14. The molecule has 1 aromatic heterocycles. The molecular weight excluding hydrogens is 324 g/mol. The van der Waals surface area contributed by atoms with E-state index >= 15 is 0 Å². The maximum Gasteiger partial charge on any atom is 0.134 e. The summed E-state index contributed by atoms with van der Waals surface area (Å²) in [7, 11) is 0. The minimum absolute atomic E-state index is 0.637. The van der Waals surface area contributed by atoms with Crippen LogP contribution >= 0.6 is 11.6 Å². The van der Waals surface area contributed by atoms with Crippen LogP contribution in [0, 0.1) is 0 Å². The Kier molecular flexibility index (Phi) is 4.43. The van der Waals surface area contributed by atoms with Gasteiger partial charge in [0.05, 0.1) is 6.54 Å². The van der Waals surface area contributed by atoms with Gasteiger partial charge < -0.3 is 14.5 Å². The number of hydrogen-bond acceptors (Lipinski definition) is 5. The number of nitrogens with zero attached hydrogens (tertiary/aromatic N) is 4. The van der Waals surface area contributed by atoms with Gasteiger partial charge in [-0.15, -0.1) is 0 Å². The second-order valence-corrected chi connectivity index (χ2v) is 6.74. The van der Waals surface area contributed by atoms with Crippen LogP contribution < -0.4 is 14.5 Å². The van der Waals surface area contributed by atoms with E-state index in [4.69, 9.17) is 16.3 Å². The molecule has 2 aliphatic heterocycles. The van der Waals surface area contributed by atoms with Crippen molar-refractivity contribution in [1.82, 2.24) is 9.97 Å². The zero-order chi connectivity index (χ0) is 16.4. The van der Waals surface area contributed by atoms with Crippen molar-refractivity contribution in [3.05, 3.63) is 41.2 Å². The minimum Gasteiger partial charge on any atom is -0.491 e. The highest BCUT2D eigenvalue weighted by Gasteiger charge is 2.19. The summed E-state index contributed by atoms with van der Waals surface area (Å²) in [5.41, 5.74) is 1.10. The lowest BCUT2D eigenvalue weighted by Gasteiger charge is -2.29. The third-order valence-electron chi connectivity index (χ3n) is 4.64. The van der Waals surface area contributed by atoms with Crippen LogP contribution in [0.3, 0.4) is 0 Å². The SMILES string of the molecule is Clc1ccc2c(c1)CN(c1cc(N3CCCCC3)ncn1)CCO2. The fraction of sp³-hybridized carbons (Fsp3) is 0.444. The number of halogens is 1. The van der Waals surface area contributed by atoms with E-state index in [0.717, 1.165) is 54.2 Å². The van der Waals surface area contributed by atoms with Crippen LogP contribution in [0.1, 0.15) is 24.8 Å². The average molecular weight is 345 g/mol. The van der Waals surface area contributed by atoms with Gasteiger partial charge in [-0.05, 0) is 37.5 Å². The number of ether oxygens (including phenoxy) is 1. The van der Waals surface area contributed by atoms with Gasteiger partial charge in [0, 0.05) is 36.3 Å². The van der Waals surface area contributed by atoms with Gasteiger partial charge in [0.2, 0.25) is 0 Å². The molecule has 3 heterocycles. The molecule has 5 nitrogen and oxygen atoms in total. The second kappa shape index (κ2) is 6.85. The Balaban J connectivity index is 1.59. The summed E-state index contributed by atoms with van der Waals surface area (Å²) in [5, 5.41) is 0.732. The fourth-order valence-electron chi connectivity index (χ4n) is 3.36. The van der Waals surface area contributed by atoms with Crippen molar-refractivity contribution >= 4 is 23.2 Å². The van der Waals surface area contributed by atoms with E-state index < -0.39 is 0 Å². The molecular formula is C18H21ClN4O. The Labute approximate surface area is 147 Å². The molecule has 0 amide bonds. The van der Waals surface area contributed by atoms with Crippen molar-refractivity contribution in [3.8, 4) is 5.75 Å². The largest absolute Gasteiger partial charge is 0.491 e. The first kappa shape index (κ1) is 15.5. The number of piperidine rings is 1. The Morgan fingerprint density at radius 3 is 2.54 bits per heavy atom. The van der Waals surface area contributed by atoms with Gasteiger partial charge in [-0.1, -0.05) is 11.6 Å². The van der Waals surface area contributed by atoms with Gasteiger partial charge in [0.15, 0.2) is 0 Å². The lowest BCUT2D eigenvalue weighted by atomic mass is 10.1. The summed E-state index contributed by atoms with van der Waals surface area (Å²) in [6.45, 7) is 4.34. The van der Waals surface area contributed by atoms with Gasteiger partial charge >= 0.3 is 0 Å². The van der Waals surface area contributed by atoms with E-state index in [9.17, 15) is 0 Å². The fourth-order valence-corrected chi connectivity index (χ4v) is 3.56. The van der Waals surface area contributed by atoms with E-state index in [0.29, 0.717) is 6.61 Å². The normalized spacial score (nSPS) is 17.9. The van der Waals surface area contributed by atoms with E-state index in [1.165, 1.54) is 19.3 Å². The highest BCUT2D eigenvalue weighted by Crippen LogP contribution is 2.29. The summed E-state index contributed by atoms with van der Waals surface area (Å²) in [5.74, 6) is 2.88.